The minimum atomic E-state index is -0.405. The summed E-state index contributed by atoms with van der Waals surface area (Å²) in [5.74, 6) is 1.85. The van der Waals surface area contributed by atoms with Crippen molar-refractivity contribution >= 4 is 17.7 Å². The standard InChI is InChI=1S/C14H20O3S/c1-14(2,3)17-13(15)10-18-9-11-5-7-12(16-4)8-6-11/h5-8H,9-10H2,1-4H3. The highest BCUT2D eigenvalue weighted by atomic mass is 32.2. The zero-order valence-corrected chi connectivity index (χ0v) is 12.2. The lowest BCUT2D eigenvalue weighted by molar-refractivity contribution is -0.151. The minimum Gasteiger partial charge on any atom is -0.497 e. The summed E-state index contributed by atoms with van der Waals surface area (Å²) in [6.07, 6.45) is 0. The number of ether oxygens (including phenoxy) is 2. The van der Waals surface area contributed by atoms with Crippen molar-refractivity contribution < 1.29 is 14.3 Å². The van der Waals surface area contributed by atoms with Gasteiger partial charge in [-0.15, -0.1) is 11.8 Å². The number of esters is 1. The number of methoxy groups -OCH3 is 1. The van der Waals surface area contributed by atoms with Gasteiger partial charge in [-0.3, -0.25) is 4.79 Å². The smallest absolute Gasteiger partial charge is 0.316 e. The summed E-state index contributed by atoms with van der Waals surface area (Å²) < 4.78 is 10.3. The number of benzene rings is 1. The minimum absolute atomic E-state index is 0.166. The number of carbonyl (C=O) groups is 1. The maximum absolute atomic E-state index is 11.5. The highest BCUT2D eigenvalue weighted by Gasteiger charge is 2.15. The highest BCUT2D eigenvalue weighted by Crippen LogP contribution is 2.17. The fourth-order valence-corrected chi connectivity index (χ4v) is 2.10. The van der Waals surface area contributed by atoms with Gasteiger partial charge >= 0.3 is 5.97 Å². The molecule has 0 unspecified atom stereocenters. The van der Waals surface area contributed by atoms with Crippen molar-refractivity contribution in [3.05, 3.63) is 29.8 Å². The van der Waals surface area contributed by atoms with Gasteiger partial charge in [-0.1, -0.05) is 12.1 Å². The van der Waals surface area contributed by atoms with Crippen LogP contribution in [-0.4, -0.2) is 24.4 Å². The molecule has 0 heterocycles. The van der Waals surface area contributed by atoms with Gasteiger partial charge in [-0.2, -0.15) is 0 Å². The first-order chi connectivity index (χ1) is 8.40. The Morgan fingerprint density at radius 3 is 2.33 bits per heavy atom. The Bertz CT molecular complexity index is 379. The van der Waals surface area contributed by atoms with Crippen LogP contribution in [0.2, 0.25) is 0 Å². The van der Waals surface area contributed by atoms with E-state index < -0.39 is 5.60 Å². The Balaban J connectivity index is 2.30. The average molecular weight is 268 g/mol. The lowest BCUT2D eigenvalue weighted by atomic mass is 10.2. The third-order valence-electron chi connectivity index (χ3n) is 2.07. The van der Waals surface area contributed by atoms with E-state index >= 15 is 0 Å². The summed E-state index contributed by atoms with van der Waals surface area (Å²) in [6.45, 7) is 5.62. The van der Waals surface area contributed by atoms with Crippen LogP contribution < -0.4 is 4.74 Å². The Morgan fingerprint density at radius 1 is 1.22 bits per heavy atom. The van der Waals surface area contributed by atoms with E-state index in [4.69, 9.17) is 9.47 Å². The van der Waals surface area contributed by atoms with Crippen molar-refractivity contribution in [3.8, 4) is 5.75 Å². The van der Waals surface area contributed by atoms with Gasteiger partial charge < -0.3 is 9.47 Å². The van der Waals surface area contributed by atoms with E-state index in [9.17, 15) is 4.79 Å². The summed E-state index contributed by atoms with van der Waals surface area (Å²) in [6, 6.07) is 7.84. The van der Waals surface area contributed by atoms with E-state index in [2.05, 4.69) is 0 Å². The molecule has 0 aliphatic heterocycles. The Morgan fingerprint density at radius 2 is 1.83 bits per heavy atom. The van der Waals surface area contributed by atoms with Gasteiger partial charge in [0, 0.05) is 5.75 Å². The van der Waals surface area contributed by atoms with Gasteiger partial charge in [0.05, 0.1) is 12.9 Å². The predicted molar refractivity (Wildman–Crippen MR) is 75.0 cm³/mol. The summed E-state index contributed by atoms with van der Waals surface area (Å²) >= 11 is 1.55. The lowest BCUT2D eigenvalue weighted by Gasteiger charge is -2.19. The molecule has 0 aliphatic carbocycles. The zero-order chi connectivity index (χ0) is 13.6. The molecule has 1 aromatic rings. The van der Waals surface area contributed by atoms with Crippen LogP contribution in [0, 0.1) is 0 Å². The molecule has 0 fully saturated rings. The average Bonchev–Trinajstić information content (AvgIpc) is 2.27. The predicted octanol–water partition coefficient (Wildman–Crippen LogP) is 3.27. The topological polar surface area (TPSA) is 35.5 Å². The fourth-order valence-electron chi connectivity index (χ4n) is 1.34. The largest absolute Gasteiger partial charge is 0.497 e. The molecular formula is C14H20O3S. The fraction of sp³-hybridized carbons (Fsp3) is 0.500. The van der Waals surface area contributed by atoms with Crippen molar-refractivity contribution in [1.29, 1.82) is 0 Å². The van der Waals surface area contributed by atoms with Crippen LogP contribution in [0.5, 0.6) is 5.75 Å². The Hall–Kier alpha value is -1.16. The molecule has 0 amide bonds. The van der Waals surface area contributed by atoms with Gasteiger partial charge in [0.25, 0.3) is 0 Å². The molecule has 1 rings (SSSR count). The van der Waals surface area contributed by atoms with Crippen molar-refractivity contribution in [2.45, 2.75) is 32.1 Å². The third-order valence-corrected chi connectivity index (χ3v) is 3.05. The molecule has 0 saturated heterocycles. The number of carbonyl (C=O) groups excluding carboxylic acids is 1. The number of rotatable bonds is 5. The number of thioether (sulfide) groups is 1. The summed E-state index contributed by atoms with van der Waals surface area (Å²) in [7, 11) is 1.65. The summed E-state index contributed by atoms with van der Waals surface area (Å²) in [5, 5.41) is 0. The molecule has 4 heteroatoms. The van der Waals surface area contributed by atoms with Gasteiger partial charge in [0.15, 0.2) is 0 Å². The molecule has 0 atom stereocenters. The van der Waals surface area contributed by atoms with Gasteiger partial charge in [-0.25, -0.2) is 0 Å². The van der Waals surface area contributed by atoms with Crippen LogP contribution in [0.3, 0.4) is 0 Å². The van der Waals surface area contributed by atoms with E-state index in [1.54, 1.807) is 18.9 Å². The van der Waals surface area contributed by atoms with Gasteiger partial charge in [0.1, 0.15) is 11.4 Å². The second-order valence-corrected chi connectivity index (χ2v) is 5.91. The summed E-state index contributed by atoms with van der Waals surface area (Å²) in [5.41, 5.74) is 0.766. The van der Waals surface area contributed by atoms with Crippen LogP contribution in [0.1, 0.15) is 26.3 Å². The molecule has 0 saturated carbocycles. The molecule has 3 nitrogen and oxygen atoms in total. The normalized spacial score (nSPS) is 11.1. The second-order valence-electron chi connectivity index (χ2n) is 4.93. The van der Waals surface area contributed by atoms with Crippen LogP contribution in [-0.2, 0) is 15.3 Å². The molecule has 0 spiro atoms. The molecule has 1 aromatic carbocycles. The van der Waals surface area contributed by atoms with Crippen LogP contribution in [0.15, 0.2) is 24.3 Å². The number of hydrogen-bond donors (Lipinski definition) is 0. The van der Waals surface area contributed by atoms with Crippen LogP contribution in [0.4, 0.5) is 0 Å². The van der Waals surface area contributed by atoms with E-state index in [0.717, 1.165) is 11.5 Å². The SMILES string of the molecule is COc1ccc(CSCC(=O)OC(C)(C)C)cc1. The maximum atomic E-state index is 11.5. The first-order valence-corrected chi connectivity index (χ1v) is 6.99. The monoisotopic (exact) mass is 268 g/mol. The van der Waals surface area contributed by atoms with Gasteiger partial charge in [-0.05, 0) is 38.5 Å². The third kappa shape index (κ3) is 5.96. The molecule has 100 valence electrons. The second kappa shape index (κ2) is 6.69. The van der Waals surface area contributed by atoms with Crippen molar-refractivity contribution in [2.75, 3.05) is 12.9 Å². The quantitative estimate of drug-likeness (QED) is 0.768. The maximum Gasteiger partial charge on any atom is 0.316 e. The molecular weight excluding hydrogens is 248 g/mol. The first-order valence-electron chi connectivity index (χ1n) is 5.83. The van der Waals surface area contributed by atoms with Crippen LogP contribution >= 0.6 is 11.8 Å². The van der Waals surface area contributed by atoms with Gasteiger partial charge in [0.2, 0.25) is 0 Å². The van der Waals surface area contributed by atoms with E-state index in [1.165, 1.54) is 5.56 Å². The van der Waals surface area contributed by atoms with Crippen molar-refractivity contribution in [1.82, 2.24) is 0 Å². The molecule has 0 aliphatic rings. The highest BCUT2D eigenvalue weighted by molar-refractivity contribution is 7.99. The molecule has 0 aromatic heterocycles. The molecule has 0 bridgehead atoms. The summed E-state index contributed by atoms with van der Waals surface area (Å²) in [4.78, 5) is 11.5. The van der Waals surface area contributed by atoms with Crippen LogP contribution in [0.25, 0.3) is 0 Å². The lowest BCUT2D eigenvalue weighted by Crippen LogP contribution is -2.24. The Labute approximate surface area is 113 Å². The Kier molecular flexibility index (Phi) is 5.54. The zero-order valence-electron chi connectivity index (χ0n) is 11.4. The van der Waals surface area contributed by atoms with Crippen molar-refractivity contribution in [2.24, 2.45) is 0 Å². The van der Waals surface area contributed by atoms with E-state index in [-0.39, 0.29) is 5.97 Å². The molecule has 0 N–H and O–H groups in total. The number of hydrogen-bond acceptors (Lipinski definition) is 4. The van der Waals surface area contributed by atoms with E-state index in [1.807, 2.05) is 45.0 Å². The molecule has 18 heavy (non-hydrogen) atoms. The first kappa shape index (κ1) is 14.9. The van der Waals surface area contributed by atoms with E-state index in [0.29, 0.717) is 5.75 Å². The van der Waals surface area contributed by atoms with Crippen molar-refractivity contribution in [3.63, 3.8) is 0 Å². The molecule has 0 radical (unpaired) electrons.